The number of pyridine rings is 1. The van der Waals surface area contributed by atoms with Crippen LogP contribution in [0, 0.1) is 5.41 Å². The highest BCUT2D eigenvalue weighted by Crippen LogP contribution is 2.50. The maximum absolute atomic E-state index is 12.5. The minimum Gasteiger partial charge on any atom is -0.477 e. The molecule has 0 amide bonds. The second-order valence-corrected chi connectivity index (χ2v) is 9.21. The molecule has 30 heavy (non-hydrogen) atoms. The Morgan fingerprint density at radius 1 is 1.20 bits per heavy atom. The van der Waals surface area contributed by atoms with Gasteiger partial charge in [-0.1, -0.05) is 32.9 Å². The Morgan fingerprint density at radius 3 is 2.67 bits per heavy atom. The number of hydrogen-bond donors (Lipinski definition) is 2. The average molecular weight is 401 g/mol. The first-order chi connectivity index (χ1) is 14.2. The molecule has 3 heterocycles. The van der Waals surface area contributed by atoms with Crippen molar-refractivity contribution in [2.24, 2.45) is 5.41 Å². The second-order valence-electron chi connectivity index (χ2n) is 9.21. The lowest BCUT2D eigenvalue weighted by molar-refractivity contribution is 0.0693. The smallest absolute Gasteiger partial charge is 0.341 e. The molecule has 0 spiro atoms. The highest BCUT2D eigenvalue weighted by molar-refractivity contribution is 5.98. The molecule has 0 fully saturated rings. The van der Waals surface area contributed by atoms with Crippen molar-refractivity contribution in [3.63, 3.8) is 0 Å². The minimum absolute atomic E-state index is 0.0585. The lowest BCUT2D eigenvalue weighted by atomic mass is 9.78. The zero-order valence-electron chi connectivity index (χ0n) is 17.2. The molecule has 0 saturated heterocycles. The van der Waals surface area contributed by atoms with Gasteiger partial charge in [-0.25, -0.2) is 4.79 Å². The number of rotatable bonds is 2. The van der Waals surface area contributed by atoms with E-state index in [9.17, 15) is 14.7 Å². The summed E-state index contributed by atoms with van der Waals surface area (Å²) in [5.74, 6) is -1.18. The summed E-state index contributed by atoms with van der Waals surface area (Å²) in [6.45, 7) is 6.47. The fraction of sp³-hybridized carbons (Fsp3) is 0.292. The predicted molar refractivity (Wildman–Crippen MR) is 115 cm³/mol. The van der Waals surface area contributed by atoms with Gasteiger partial charge < -0.3 is 9.67 Å². The number of H-pyrrole nitrogens is 1. The molecule has 2 aliphatic rings. The number of nitrogens with one attached hydrogen (secondary N) is 1. The fourth-order valence-corrected chi connectivity index (χ4v) is 4.78. The molecule has 2 aromatic heterocycles. The zero-order valence-corrected chi connectivity index (χ0v) is 17.2. The number of carbonyl (C=O) groups is 1. The van der Waals surface area contributed by atoms with Crippen LogP contribution in [-0.2, 0) is 6.42 Å². The number of aromatic amines is 1. The summed E-state index contributed by atoms with van der Waals surface area (Å²) >= 11 is 0. The molecule has 1 aliphatic carbocycles. The number of allylic oxidation sites excluding steroid dienone is 2. The van der Waals surface area contributed by atoms with Gasteiger partial charge in [0.05, 0.1) is 5.69 Å². The number of carboxylic acids is 1. The molecule has 6 nitrogen and oxygen atoms in total. The van der Waals surface area contributed by atoms with Crippen LogP contribution >= 0.6 is 0 Å². The van der Waals surface area contributed by atoms with Gasteiger partial charge in [0.25, 0.3) is 0 Å². The van der Waals surface area contributed by atoms with E-state index in [1.807, 2.05) is 10.6 Å². The van der Waals surface area contributed by atoms with Crippen LogP contribution in [0.1, 0.15) is 60.4 Å². The van der Waals surface area contributed by atoms with Gasteiger partial charge in [0.1, 0.15) is 5.56 Å². The fourth-order valence-electron chi connectivity index (χ4n) is 4.78. The topological polar surface area (TPSA) is 88.0 Å². The first-order valence-electron chi connectivity index (χ1n) is 10.1. The van der Waals surface area contributed by atoms with E-state index in [-0.39, 0.29) is 17.0 Å². The van der Waals surface area contributed by atoms with Gasteiger partial charge >= 0.3 is 5.97 Å². The third-order valence-electron chi connectivity index (χ3n) is 6.33. The third kappa shape index (κ3) is 2.75. The molecule has 6 heteroatoms. The molecule has 5 rings (SSSR count). The summed E-state index contributed by atoms with van der Waals surface area (Å²) < 4.78 is 2.02. The normalized spacial score (nSPS) is 17.5. The van der Waals surface area contributed by atoms with Crippen LogP contribution in [0.25, 0.3) is 22.4 Å². The molecule has 1 aliphatic heterocycles. The first-order valence-corrected chi connectivity index (χ1v) is 10.1. The van der Waals surface area contributed by atoms with Crippen LogP contribution in [0.4, 0.5) is 0 Å². The summed E-state index contributed by atoms with van der Waals surface area (Å²) in [4.78, 5) is 24.1. The molecule has 0 saturated carbocycles. The van der Waals surface area contributed by atoms with E-state index in [1.54, 1.807) is 12.4 Å². The zero-order chi connectivity index (χ0) is 21.2. The number of carboxylic acid groups (broad SMARTS) is 1. The highest BCUT2D eigenvalue weighted by atomic mass is 16.4. The van der Waals surface area contributed by atoms with E-state index in [2.05, 4.69) is 49.2 Å². The maximum atomic E-state index is 12.5. The molecule has 0 unspecified atom stereocenters. The van der Waals surface area contributed by atoms with Gasteiger partial charge in [0.2, 0.25) is 0 Å². The van der Waals surface area contributed by atoms with Crippen molar-refractivity contribution in [2.45, 2.75) is 39.7 Å². The average Bonchev–Trinajstić information content (AvgIpc) is 3.33. The number of aromatic nitrogens is 3. The van der Waals surface area contributed by atoms with E-state index in [0.29, 0.717) is 0 Å². The first kappa shape index (κ1) is 18.6. The van der Waals surface area contributed by atoms with E-state index < -0.39 is 11.4 Å². The van der Waals surface area contributed by atoms with Gasteiger partial charge in [-0.3, -0.25) is 9.89 Å². The standard InChI is InChI=1S/C24H23N3O3/c1-24(2,3)22-10-16-15-5-4-13(19-6-7-25-26-19)8-14(15)9-17(16)20-11-21(28)18(23(29)30)12-27(20)22/h4-8,11-12,22H,9-10H2,1-3H3,(H,25,26)(H,29,30)/t22-/m0/s1. The molecular formula is C24H23N3O3. The molecule has 152 valence electrons. The van der Waals surface area contributed by atoms with Crippen molar-refractivity contribution in [3.05, 3.63) is 75.3 Å². The number of fused-ring (bicyclic) bond motifs is 4. The number of benzene rings is 1. The minimum atomic E-state index is -1.18. The largest absolute Gasteiger partial charge is 0.477 e. The SMILES string of the molecule is CC(C)(C)[C@@H]1CC2=C(Cc3cc(-c4ccn[nH]4)ccc32)c2cc(=O)c(C(=O)O)cn21. The molecule has 2 N–H and O–H groups in total. The lowest BCUT2D eigenvalue weighted by Crippen LogP contribution is -2.32. The summed E-state index contributed by atoms with van der Waals surface area (Å²) in [5.41, 5.74) is 7.02. The lowest BCUT2D eigenvalue weighted by Gasteiger charge is -2.39. The summed E-state index contributed by atoms with van der Waals surface area (Å²) in [6, 6.07) is 9.96. The highest BCUT2D eigenvalue weighted by Gasteiger charge is 2.37. The van der Waals surface area contributed by atoms with Gasteiger partial charge in [0.15, 0.2) is 5.43 Å². The Hall–Kier alpha value is -3.41. The molecule has 0 radical (unpaired) electrons. The monoisotopic (exact) mass is 401 g/mol. The second kappa shape index (κ2) is 6.29. The Kier molecular flexibility index (Phi) is 3.90. The Morgan fingerprint density at radius 2 is 2.00 bits per heavy atom. The van der Waals surface area contributed by atoms with Crippen molar-refractivity contribution in [2.75, 3.05) is 0 Å². The Labute approximate surface area is 173 Å². The molecular weight excluding hydrogens is 378 g/mol. The van der Waals surface area contributed by atoms with Crippen molar-refractivity contribution >= 4 is 17.1 Å². The third-order valence-corrected chi connectivity index (χ3v) is 6.33. The van der Waals surface area contributed by atoms with Gasteiger partial charge in [0, 0.05) is 36.6 Å². The van der Waals surface area contributed by atoms with Crippen molar-refractivity contribution < 1.29 is 9.90 Å². The van der Waals surface area contributed by atoms with Crippen molar-refractivity contribution in [3.8, 4) is 11.3 Å². The van der Waals surface area contributed by atoms with E-state index >= 15 is 0 Å². The molecule has 1 atom stereocenters. The van der Waals surface area contributed by atoms with Crippen LogP contribution in [0.15, 0.2) is 47.5 Å². The van der Waals surface area contributed by atoms with Gasteiger partial charge in [-0.15, -0.1) is 0 Å². The number of hydrogen-bond acceptors (Lipinski definition) is 3. The van der Waals surface area contributed by atoms with E-state index in [1.165, 1.54) is 22.8 Å². The summed E-state index contributed by atoms with van der Waals surface area (Å²) in [6.07, 6.45) is 4.82. The quantitative estimate of drug-likeness (QED) is 0.666. The van der Waals surface area contributed by atoms with E-state index in [0.717, 1.165) is 35.4 Å². The van der Waals surface area contributed by atoms with Crippen LogP contribution < -0.4 is 5.43 Å². The Bertz CT molecular complexity index is 1270. The van der Waals surface area contributed by atoms with Crippen molar-refractivity contribution in [1.82, 2.24) is 14.8 Å². The van der Waals surface area contributed by atoms with Crippen LogP contribution in [-0.4, -0.2) is 25.8 Å². The number of aromatic carboxylic acids is 1. The molecule has 3 aromatic rings. The van der Waals surface area contributed by atoms with Crippen LogP contribution in [0.3, 0.4) is 0 Å². The predicted octanol–water partition coefficient (Wildman–Crippen LogP) is 4.39. The van der Waals surface area contributed by atoms with Crippen molar-refractivity contribution in [1.29, 1.82) is 0 Å². The summed E-state index contributed by atoms with van der Waals surface area (Å²) in [5, 5.41) is 16.5. The molecule has 1 aromatic carbocycles. The maximum Gasteiger partial charge on any atom is 0.341 e. The summed E-state index contributed by atoms with van der Waals surface area (Å²) in [7, 11) is 0. The number of nitrogens with zero attached hydrogens (tertiary/aromatic N) is 2. The van der Waals surface area contributed by atoms with Gasteiger partial charge in [-0.2, -0.15) is 5.10 Å². The van der Waals surface area contributed by atoms with Crippen LogP contribution in [0.5, 0.6) is 0 Å². The van der Waals surface area contributed by atoms with Crippen LogP contribution in [0.2, 0.25) is 0 Å². The Balaban J connectivity index is 1.68. The molecule has 0 bridgehead atoms. The van der Waals surface area contributed by atoms with Gasteiger partial charge in [-0.05, 0) is 51.8 Å². The van der Waals surface area contributed by atoms with E-state index in [4.69, 9.17) is 0 Å².